The monoisotopic (exact) mass is 383 g/mol. The van der Waals surface area contributed by atoms with Crippen LogP contribution in [0.3, 0.4) is 0 Å². The van der Waals surface area contributed by atoms with Gasteiger partial charge in [0.05, 0.1) is 5.56 Å². The molecular weight excluding hydrogens is 361 g/mol. The van der Waals surface area contributed by atoms with Gasteiger partial charge in [0.15, 0.2) is 5.69 Å². The van der Waals surface area contributed by atoms with Gasteiger partial charge in [-0.05, 0) is 18.1 Å². The predicted octanol–water partition coefficient (Wildman–Crippen LogP) is 3.21. The molecule has 2 aromatic heterocycles. The van der Waals surface area contributed by atoms with Gasteiger partial charge in [0.2, 0.25) is 11.7 Å². The van der Waals surface area contributed by atoms with Crippen LogP contribution in [0.5, 0.6) is 0 Å². The van der Waals surface area contributed by atoms with E-state index in [0.717, 1.165) is 17.7 Å². The SMILES string of the molecule is CC(C)CC(=O)N1CCc2c(c(-c3nc(-c4ccccc4F)no3)nn2C)C1. The van der Waals surface area contributed by atoms with Crippen molar-refractivity contribution in [1.82, 2.24) is 24.8 Å². The van der Waals surface area contributed by atoms with Gasteiger partial charge in [0.25, 0.3) is 5.89 Å². The van der Waals surface area contributed by atoms with E-state index in [9.17, 15) is 9.18 Å². The minimum Gasteiger partial charge on any atom is -0.338 e. The molecule has 0 aliphatic carbocycles. The molecule has 1 aromatic carbocycles. The quantitative estimate of drug-likeness (QED) is 0.691. The third-order valence-corrected chi connectivity index (χ3v) is 4.92. The highest BCUT2D eigenvalue weighted by Crippen LogP contribution is 2.31. The second-order valence-corrected chi connectivity index (χ2v) is 7.46. The Morgan fingerprint density at radius 1 is 1.32 bits per heavy atom. The average molecular weight is 383 g/mol. The van der Waals surface area contributed by atoms with Crippen LogP contribution in [0.25, 0.3) is 23.0 Å². The molecule has 3 aromatic rings. The van der Waals surface area contributed by atoms with E-state index in [1.54, 1.807) is 22.9 Å². The number of carbonyl (C=O) groups excluding carboxylic acids is 1. The topological polar surface area (TPSA) is 77.1 Å². The molecule has 0 fully saturated rings. The summed E-state index contributed by atoms with van der Waals surface area (Å²) < 4.78 is 21.2. The molecule has 1 aliphatic rings. The molecule has 0 N–H and O–H groups in total. The van der Waals surface area contributed by atoms with E-state index < -0.39 is 5.82 Å². The molecule has 0 saturated heterocycles. The van der Waals surface area contributed by atoms with Crippen molar-refractivity contribution in [2.75, 3.05) is 6.54 Å². The van der Waals surface area contributed by atoms with Crippen molar-refractivity contribution in [2.24, 2.45) is 13.0 Å². The summed E-state index contributed by atoms with van der Waals surface area (Å²) in [5, 5.41) is 8.45. The van der Waals surface area contributed by atoms with Gasteiger partial charge < -0.3 is 9.42 Å². The molecule has 0 atom stereocenters. The molecule has 3 heterocycles. The first-order chi connectivity index (χ1) is 13.4. The smallest absolute Gasteiger partial charge is 0.279 e. The number of carbonyl (C=O) groups is 1. The van der Waals surface area contributed by atoms with E-state index in [1.165, 1.54) is 6.07 Å². The molecule has 146 valence electrons. The second-order valence-electron chi connectivity index (χ2n) is 7.46. The molecule has 8 heteroatoms. The maximum Gasteiger partial charge on any atom is 0.279 e. The van der Waals surface area contributed by atoms with E-state index in [2.05, 4.69) is 15.2 Å². The standard InChI is InChI=1S/C20H22FN5O2/c1-12(2)10-17(27)26-9-8-16-14(11-26)18(23-25(16)3)20-22-19(24-28-20)13-6-4-5-7-15(13)21/h4-7,12H,8-11H2,1-3H3. The fourth-order valence-corrected chi connectivity index (χ4v) is 3.53. The number of benzene rings is 1. The zero-order chi connectivity index (χ0) is 19.8. The third kappa shape index (κ3) is 3.30. The Kier molecular flexibility index (Phi) is 4.70. The van der Waals surface area contributed by atoms with Crippen LogP contribution in [0.2, 0.25) is 0 Å². The van der Waals surface area contributed by atoms with E-state index in [0.29, 0.717) is 31.1 Å². The van der Waals surface area contributed by atoms with E-state index in [1.807, 2.05) is 25.8 Å². The average Bonchev–Trinajstić information content (AvgIpc) is 3.26. The largest absolute Gasteiger partial charge is 0.338 e. The van der Waals surface area contributed by atoms with Crippen molar-refractivity contribution < 1.29 is 13.7 Å². The third-order valence-electron chi connectivity index (χ3n) is 4.92. The minimum absolute atomic E-state index is 0.132. The van der Waals surface area contributed by atoms with Crippen molar-refractivity contribution in [2.45, 2.75) is 33.2 Å². The van der Waals surface area contributed by atoms with Crippen molar-refractivity contribution in [3.05, 3.63) is 41.3 Å². The lowest BCUT2D eigenvalue weighted by Crippen LogP contribution is -2.36. The van der Waals surface area contributed by atoms with Crippen molar-refractivity contribution >= 4 is 5.91 Å². The highest BCUT2D eigenvalue weighted by atomic mass is 19.1. The maximum absolute atomic E-state index is 14.0. The zero-order valence-corrected chi connectivity index (χ0v) is 16.1. The fraction of sp³-hybridized carbons (Fsp3) is 0.400. The first-order valence-electron chi connectivity index (χ1n) is 9.35. The van der Waals surface area contributed by atoms with Crippen molar-refractivity contribution in [1.29, 1.82) is 0 Å². The Labute approximate surface area is 162 Å². The van der Waals surface area contributed by atoms with Gasteiger partial charge in [0, 0.05) is 44.2 Å². The van der Waals surface area contributed by atoms with Gasteiger partial charge in [-0.3, -0.25) is 9.48 Å². The number of amides is 1. The van der Waals surface area contributed by atoms with Crippen LogP contribution >= 0.6 is 0 Å². The number of halogens is 1. The van der Waals surface area contributed by atoms with Crippen LogP contribution in [0.4, 0.5) is 4.39 Å². The molecule has 7 nitrogen and oxygen atoms in total. The summed E-state index contributed by atoms with van der Waals surface area (Å²) >= 11 is 0. The molecule has 4 rings (SSSR count). The summed E-state index contributed by atoms with van der Waals surface area (Å²) in [6, 6.07) is 6.28. The number of hydrogen-bond acceptors (Lipinski definition) is 5. The van der Waals surface area contributed by atoms with Crippen molar-refractivity contribution in [3.8, 4) is 23.0 Å². The predicted molar refractivity (Wildman–Crippen MR) is 100 cm³/mol. The molecule has 0 saturated carbocycles. The molecule has 28 heavy (non-hydrogen) atoms. The number of aryl methyl sites for hydroxylation is 1. The number of aromatic nitrogens is 4. The Hall–Kier alpha value is -3.03. The highest BCUT2D eigenvalue weighted by Gasteiger charge is 2.29. The lowest BCUT2D eigenvalue weighted by atomic mass is 10.0. The molecule has 0 bridgehead atoms. The first-order valence-corrected chi connectivity index (χ1v) is 9.35. The highest BCUT2D eigenvalue weighted by molar-refractivity contribution is 5.77. The van der Waals surface area contributed by atoms with Gasteiger partial charge in [-0.15, -0.1) is 0 Å². The van der Waals surface area contributed by atoms with Gasteiger partial charge in [0.1, 0.15) is 5.82 Å². The normalized spacial score (nSPS) is 13.8. The first kappa shape index (κ1) is 18.3. The van der Waals surface area contributed by atoms with Gasteiger partial charge in [-0.1, -0.05) is 31.1 Å². The van der Waals surface area contributed by atoms with Gasteiger partial charge in [-0.2, -0.15) is 10.1 Å². The Morgan fingerprint density at radius 3 is 2.86 bits per heavy atom. The van der Waals surface area contributed by atoms with E-state index in [4.69, 9.17) is 4.52 Å². The summed E-state index contributed by atoms with van der Waals surface area (Å²) in [5.74, 6) is 0.433. The summed E-state index contributed by atoms with van der Waals surface area (Å²) in [6.07, 6.45) is 1.24. The Bertz CT molecular complexity index is 1020. The second kappa shape index (κ2) is 7.18. The van der Waals surface area contributed by atoms with Crippen molar-refractivity contribution in [3.63, 3.8) is 0 Å². The maximum atomic E-state index is 14.0. The summed E-state index contributed by atoms with van der Waals surface area (Å²) in [7, 11) is 1.86. The molecular formula is C20H22FN5O2. The van der Waals surface area contributed by atoms with Crippen LogP contribution in [-0.2, 0) is 24.8 Å². The van der Waals surface area contributed by atoms with Gasteiger partial charge >= 0.3 is 0 Å². The molecule has 1 amide bonds. The Balaban J connectivity index is 1.66. The molecule has 0 spiro atoms. The molecule has 1 aliphatic heterocycles. The number of hydrogen-bond donors (Lipinski definition) is 0. The molecule has 0 unspecified atom stereocenters. The van der Waals surface area contributed by atoms with Gasteiger partial charge in [-0.25, -0.2) is 4.39 Å². The number of nitrogens with zero attached hydrogens (tertiary/aromatic N) is 5. The minimum atomic E-state index is -0.414. The summed E-state index contributed by atoms with van der Waals surface area (Å²) in [4.78, 5) is 18.7. The van der Waals surface area contributed by atoms with Crippen LogP contribution in [-0.4, -0.2) is 37.3 Å². The van der Waals surface area contributed by atoms with E-state index >= 15 is 0 Å². The van der Waals surface area contributed by atoms with Crippen LogP contribution < -0.4 is 0 Å². The number of fused-ring (bicyclic) bond motifs is 1. The Morgan fingerprint density at radius 2 is 2.11 bits per heavy atom. The fourth-order valence-electron chi connectivity index (χ4n) is 3.53. The lowest BCUT2D eigenvalue weighted by Gasteiger charge is -2.28. The zero-order valence-electron chi connectivity index (χ0n) is 16.1. The number of rotatable bonds is 4. The summed E-state index contributed by atoms with van der Waals surface area (Å²) in [6.45, 7) is 5.19. The van der Waals surface area contributed by atoms with Crippen LogP contribution in [0, 0.1) is 11.7 Å². The molecule has 0 radical (unpaired) electrons. The van der Waals surface area contributed by atoms with Crippen LogP contribution in [0.15, 0.2) is 28.8 Å². The van der Waals surface area contributed by atoms with Crippen LogP contribution in [0.1, 0.15) is 31.5 Å². The lowest BCUT2D eigenvalue weighted by molar-refractivity contribution is -0.132. The van der Waals surface area contributed by atoms with E-state index in [-0.39, 0.29) is 23.2 Å². The summed E-state index contributed by atoms with van der Waals surface area (Å²) in [5.41, 5.74) is 2.79.